The molecule has 18 heavy (non-hydrogen) atoms. The Morgan fingerprint density at radius 1 is 1.39 bits per heavy atom. The number of hydrogen-bond donors (Lipinski definition) is 1. The van der Waals surface area contributed by atoms with Crippen LogP contribution in [0.1, 0.15) is 29.8 Å². The van der Waals surface area contributed by atoms with Crippen molar-refractivity contribution in [2.75, 3.05) is 7.05 Å². The molecule has 0 saturated carbocycles. The van der Waals surface area contributed by atoms with E-state index in [4.69, 9.17) is 0 Å². The maximum absolute atomic E-state index is 13.6. The highest BCUT2D eigenvalue weighted by molar-refractivity contribution is 5.31. The van der Waals surface area contributed by atoms with E-state index in [1.807, 2.05) is 36.9 Å². The van der Waals surface area contributed by atoms with Crippen LogP contribution in [0.5, 0.6) is 0 Å². The van der Waals surface area contributed by atoms with E-state index in [1.165, 1.54) is 0 Å². The highest BCUT2D eigenvalue weighted by Gasteiger charge is 2.16. The maximum Gasteiger partial charge on any atom is 0.126 e. The van der Waals surface area contributed by atoms with Gasteiger partial charge in [0.1, 0.15) is 5.82 Å². The van der Waals surface area contributed by atoms with Crippen molar-refractivity contribution in [1.29, 1.82) is 0 Å². The second-order valence-electron chi connectivity index (χ2n) is 4.30. The Morgan fingerprint density at radius 2 is 2.17 bits per heavy atom. The Balaban J connectivity index is 2.42. The predicted octanol–water partition coefficient (Wildman–Crippen LogP) is 2.66. The van der Waals surface area contributed by atoms with Gasteiger partial charge in [0.2, 0.25) is 0 Å². The zero-order chi connectivity index (χ0) is 13.1. The van der Waals surface area contributed by atoms with Gasteiger partial charge in [-0.1, -0.05) is 12.1 Å². The highest BCUT2D eigenvalue weighted by atomic mass is 19.1. The SMILES string of the molecule is CCn1nccc1C(NC)c1ccc(C)c(F)c1. The van der Waals surface area contributed by atoms with Crippen LogP contribution in [0.3, 0.4) is 0 Å². The molecule has 1 atom stereocenters. The van der Waals surface area contributed by atoms with E-state index in [0.29, 0.717) is 5.56 Å². The first-order valence-corrected chi connectivity index (χ1v) is 6.12. The summed E-state index contributed by atoms with van der Waals surface area (Å²) in [5.41, 5.74) is 2.62. The first-order valence-electron chi connectivity index (χ1n) is 6.12. The van der Waals surface area contributed by atoms with E-state index in [9.17, 15) is 4.39 Å². The summed E-state index contributed by atoms with van der Waals surface area (Å²) in [6, 6.07) is 7.27. The molecule has 1 aromatic carbocycles. The highest BCUT2D eigenvalue weighted by Crippen LogP contribution is 2.23. The van der Waals surface area contributed by atoms with Crippen molar-refractivity contribution in [2.24, 2.45) is 0 Å². The summed E-state index contributed by atoms with van der Waals surface area (Å²) in [6.45, 7) is 4.61. The van der Waals surface area contributed by atoms with Gasteiger partial charge in [0.05, 0.1) is 11.7 Å². The van der Waals surface area contributed by atoms with Gasteiger partial charge < -0.3 is 5.32 Å². The summed E-state index contributed by atoms with van der Waals surface area (Å²) in [4.78, 5) is 0. The molecule has 0 aliphatic rings. The van der Waals surface area contributed by atoms with Gasteiger partial charge in [-0.15, -0.1) is 0 Å². The molecule has 0 fully saturated rings. The number of benzene rings is 1. The maximum atomic E-state index is 13.6. The quantitative estimate of drug-likeness (QED) is 0.900. The van der Waals surface area contributed by atoms with E-state index < -0.39 is 0 Å². The van der Waals surface area contributed by atoms with E-state index in [0.717, 1.165) is 17.8 Å². The first kappa shape index (κ1) is 12.8. The van der Waals surface area contributed by atoms with Crippen molar-refractivity contribution in [1.82, 2.24) is 15.1 Å². The molecule has 3 nitrogen and oxygen atoms in total. The van der Waals surface area contributed by atoms with Crippen LogP contribution in [0.25, 0.3) is 0 Å². The summed E-state index contributed by atoms with van der Waals surface area (Å²) < 4.78 is 15.6. The standard InChI is InChI=1S/C14H18FN3/c1-4-18-13(7-8-17-18)14(16-3)11-6-5-10(2)12(15)9-11/h5-9,14,16H,4H2,1-3H3. The van der Waals surface area contributed by atoms with Crippen molar-refractivity contribution in [3.8, 4) is 0 Å². The minimum atomic E-state index is -0.171. The molecule has 96 valence electrons. The molecule has 1 aromatic heterocycles. The van der Waals surface area contributed by atoms with Gasteiger partial charge in [0.15, 0.2) is 0 Å². The fourth-order valence-electron chi connectivity index (χ4n) is 2.13. The summed E-state index contributed by atoms with van der Waals surface area (Å²) in [7, 11) is 1.87. The Bertz CT molecular complexity index is 534. The van der Waals surface area contributed by atoms with Crippen molar-refractivity contribution in [3.63, 3.8) is 0 Å². The molecule has 0 spiro atoms. The van der Waals surface area contributed by atoms with Crippen LogP contribution in [-0.2, 0) is 6.54 Å². The molecule has 2 rings (SSSR count). The van der Waals surface area contributed by atoms with Gasteiger partial charge in [-0.2, -0.15) is 5.10 Å². The second-order valence-corrected chi connectivity index (χ2v) is 4.30. The average Bonchev–Trinajstić information content (AvgIpc) is 2.83. The van der Waals surface area contributed by atoms with Gasteiger partial charge in [-0.3, -0.25) is 4.68 Å². The minimum absolute atomic E-state index is 0.0393. The summed E-state index contributed by atoms with van der Waals surface area (Å²) in [5, 5.41) is 7.47. The van der Waals surface area contributed by atoms with Gasteiger partial charge >= 0.3 is 0 Å². The van der Waals surface area contributed by atoms with E-state index in [-0.39, 0.29) is 11.9 Å². The molecular formula is C14H18FN3. The Kier molecular flexibility index (Phi) is 3.77. The first-order chi connectivity index (χ1) is 8.67. The van der Waals surface area contributed by atoms with Crippen LogP contribution in [0.4, 0.5) is 4.39 Å². The van der Waals surface area contributed by atoms with E-state index in [1.54, 1.807) is 19.2 Å². The number of nitrogens with one attached hydrogen (secondary N) is 1. The fourth-order valence-corrected chi connectivity index (χ4v) is 2.13. The van der Waals surface area contributed by atoms with Crippen LogP contribution < -0.4 is 5.32 Å². The molecular weight excluding hydrogens is 229 g/mol. The molecule has 4 heteroatoms. The van der Waals surface area contributed by atoms with Gasteiger partial charge in [0, 0.05) is 12.7 Å². The number of halogens is 1. The Morgan fingerprint density at radius 3 is 2.78 bits per heavy atom. The average molecular weight is 247 g/mol. The third-order valence-electron chi connectivity index (χ3n) is 3.16. The van der Waals surface area contributed by atoms with Gasteiger partial charge in [0.25, 0.3) is 0 Å². The molecule has 2 aromatic rings. The summed E-state index contributed by atoms with van der Waals surface area (Å²) in [5.74, 6) is -0.171. The van der Waals surface area contributed by atoms with Crippen LogP contribution in [0.15, 0.2) is 30.5 Å². The Hall–Kier alpha value is -1.68. The molecule has 0 radical (unpaired) electrons. The van der Waals surface area contributed by atoms with Crippen molar-refractivity contribution >= 4 is 0 Å². The van der Waals surface area contributed by atoms with Crippen molar-refractivity contribution in [2.45, 2.75) is 26.4 Å². The number of aromatic nitrogens is 2. The van der Waals surface area contributed by atoms with E-state index in [2.05, 4.69) is 10.4 Å². The lowest BCUT2D eigenvalue weighted by Gasteiger charge is -2.18. The van der Waals surface area contributed by atoms with Gasteiger partial charge in [-0.25, -0.2) is 4.39 Å². The zero-order valence-corrected chi connectivity index (χ0v) is 10.9. The molecule has 0 aliphatic carbocycles. The van der Waals surface area contributed by atoms with Crippen LogP contribution >= 0.6 is 0 Å². The lowest BCUT2D eigenvalue weighted by molar-refractivity contribution is 0.557. The van der Waals surface area contributed by atoms with Crippen molar-refractivity contribution < 1.29 is 4.39 Å². The summed E-state index contributed by atoms with van der Waals surface area (Å²) in [6.07, 6.45) is 1.77. The largest absolute Gasteiger partial charge is 0.308 e. The molecule has 0 saturated heterocycles. The predicted molar refractivity (Wildman–Crippen MR) is 69.9 cm³/mol. The zero-order valence-electron chi connectivity index (χ0n) is 10.9. The molecule has 1 unspecified atom stereocenters. The lowest BCUT2D eigenvalue weighted by atomic mass is 10.0. The smallest absolute Gasteiger partial charge is 0.126 e. The number of nitrogens with zero attached hydrogens (tertiary/aromatic N) is 2. The molecule has 0 aliphatic heterocycles. The normalized spacial score (nSPS) is 12.7. The van der Waals surface area contributed by atoms with Crippen LogP contribution in [0.2, 0.25) is 0 Å². The number of aryl methyl sites for hydroxylation is 2. The number of hydrogen-bond acceptors (Lipinski definition) is 2. The molecule has 1 N–H and O–H groups in total. The second kappa shape index (κ2) is 5.31. The fraction of sp³-hybridized carbons (Fsp3) is 0.357. The number of rotatable bonds is 4. The third-order valence-corrected chi connectivity index (χ3v) is 3.16. The minimum Gasteiger partial charge on any atom is -0.308 e. The van der Waals surface area contributed by atoms with Crippen LogP contribution in [-0.4, -0.2) is 16.8 Å². The molecule has 0 bridgehead atoms. The Labute approximate surface area is 107 Å². The summed E-state index contributed by atoms with van der Waals surface area (Å²) >= 11 is 0. The third kappa shape index (κ3) is 2.29. The molecule has 1 heterocycles. The topological polar surface area (TPSA) is 29.9 Å². The van der Waals surface area contributed by atoms with Crippen molar-refractivity contribution in [3.05, 3.63) is 53.1 Å². The molecule has 0 amide bonds. The lowest BCUT2D eigenvalue weighted by Crippen LogP contribution is -2.21. The van der Waals surface area contributed by atoms with E-state index >= 15 is 0 Å². The van der Waals surface area contributed by atoms with Gasteiger partial charge in [-0.05, 0) is 44.2 Å². The monoisotopic (exact) mass is 247 g/mol. The van der Waals surface area contributed by atoms with Crippen LogP contribution in [0, 0.1) is 12.7 Å².